The number of hydrogen-bond acceptors (Lipinski definition) is 2. The minimum Gasteiger partial charge on any atom is -0.386 e. The molecule has 1 saturated heterocycles. The second-order valence-corrected chi connectivity index (χ2v) is 5.46. The van der Waals surface area contributed by atoms with Crippen LogP contribution in [0.1, 0.15) is 24.2 Å². The number of β-amino-alcohol motifs (C(OH)–C–C–N with tert-alkyl or cyclic N) is 1. The van der Waals surface area contributed by atoms with Gasteiger partial charge in [-0.3, -0.25) is 4.79 Å². The van der Waals surface area contributed by atoms with Crippen LogP contribution in [-0.4, -0.2) is 34.6 Å². The van der Waals surface area contributed by atoms with Gasteiger partial charge in [0.1, 0.15) is 11.4 Å². The van der Waals surface area contributed by atoms with E-state index in [1.54, 1.807) is 0 Å². The molecule has 0 aliphatic carbocycles. The van der Waals surface area contributed by atoms with Crippen molar-refractivity contribution in [2.45, 2.75) is 19.4 Å². The first-order valence-corrected chi connectivity index (χ1v) is 6.18. The molecular formula is C13H15ClFNO2. The molecule has 98 valence electrons. The summed E-state index contributed by atoms with van der Waals surface area (Å²) in [4.78, 5) is 13.5. The van der Waals surface area contributed by atoms with Gasteiger partial charge >= 0.3 is 0 Å². The van der Waals surface area contributed by atoms with Crippen LogP contribution in [0, 0.1) is 11.7 Å². The molecule has 0 atom stereocenters. The predicted octanol–water partition coefficient (Wildman–Crippen LogP) is 2.32. The van der Waals surface area contributed by atoms with Crippen LogP contribution in [0.2, 0.25) is 5.02 Å². The molecule has 0 saturated carbocycles. The lowest BCUT2D eigenvalue weighted by atomic mass is 9.82. The molecule has 0 aromatic heterocycles. The Kier molecular flexibility index (Phi) is 3.34. The van der Waals surface area contributed by atoms with E-state index in [4.69, 9.17) is 11.6 Å². The highest BCUT2D eigenvalue weighted by Gasteiger charge is 2.45. The largest absolute Gasteiger partial charge is 0.386 e. The lowest BCUT2D eigenvalue weighted by Gasteiger charge is -2.49. The van der Waals surface area contributed by atoms with E-state index in [1.165, 1.54) is 17.0 Å². The van der Waals surface area contributed by atoms with Gasteiger partial charge in [0.2, 0.25) is 0 Å². The molecule has 1 heterocycles. The zero-order chi connectivity index (χ0) is 13.5. The van der Waals surface area contributed by atoms with Gasteiger partial charge in [-0.2, -0.15) is 0 Å². The van der Waals surface area contributed by atoms with Crippen LogP contribution in [0.25, 0.3) is 0 Å². The number of carbonyl (C=O) groups is 1. The van der Waals surface area contributed by atoms with Crippen LogP contribution in [-0.2, 0) is 0 Å². The van der Waals surface area contributed by atoms with Crippen molar-refractivity contribution >= 4 is 17.5 Å². The zero-order valence-electron chi connectivity index (χ0n) is 10.3. The summed E-state index contributed by atoms with van der Waals surface area (Å²) in [5.74, 6) is -0.804. The number of hydrogen-bond donors (Lipinski definition) is 1. The van der Waals surface area contributed by atoms with Gasteiger partial charge in [0.25, 0.3) is 5.91 Å². The van der Waals surface area contributed by atoms with E-state index in [2.05, 4.69) is 0 Å². The molecule has 1 N–H and O–H groups in total. The number of benzene rings is 1. The monoisotopic (exact) mass is 271 g/mol. The molecule has 0 bridgehead atoms. The number of nitrogens with zero attached hydrogens (tertiary/aromatic N) is 1. The Morgan fingerprint density at radius 3 is 2.61 bits per heavy atom. The second kappa shape index (κ2) is 4.52. The summed E-state index contributed by atoms with van der Waals surface area (Å²) in [6.07, 6.45) is 0. The van der Waals surface area contributed by atoms with Gasteiger partial charge in [-0.25, -0.2) is 4.39 Å². The third kappa shape index (κ3) is 2.22. The third-order valence-electron chi connectivity index (χ3n) is 3.46. The fourth-order valence-corrected chi connectivity index (χ4v) is 2.05. The van der Waals surface area contributed by atoms with Crippen LogP contribution in [0.3, 0.4) is 0 Å². The van der Waals surface area contributed by atoms with Crippen LogP contribution < -0.4 is 0 Å². The minimum absolute atomic E-state index is 0.00570. The lowest BCUT2D eigenvalue weighted by molar-refractivity contribution is -0.110. The SMILES string of the molecule is CC(C)C1(O)CN(C(=O)c2ccc(Cl)c(F)c2)C1. The van der Waals surface area contributed by atoms with E-state index < -0.39 is 11.4 Å². The number of aliphatic hydroxyl groups is 1. The number of likely N-dealkylation sites (tertiary alicyclic amines) is 1. The van der Waals surface area contributed by atoms with E-state index in [0.29, 0.717) is 0 Å². The summed E-state index contributed by atoms with van der Waals surface area (Å²) < 4.78 is 13.3. The molecule has 0 radical (unpaired) electrons. The topological polar surface area (TPSA) is 40.5 Å². The average Bonchev–Trinajstić information content (AvgIpc) is 2.27. The van der Waals surface area contributed by atoms with E-state index in [9.17, 15) is 14.3 Å². The molecular weight excluding hydrogens is 257 g/mol. The highest BCUT2D eigenvalue weighted by molar-refractivity contribution is 6.30. The Balaban J connectivity index is 2.08. The summed E-state index contributed by atoms with van der Waals surface area (Å²) >= 11 is 5.56. The smallest absolute Gasteiger partial charge is 0.254 e. The summed E-state index contributed by atoms with van der Waals surface area (Å²) in [7, 11) is 0. The third-order valence-corrected chi connectivity index (χ3v) is 3.76. The molecule has 5 heteroatoms. The predicted molar refractivity (Wildman–Crippen MR) is 67.1 cm³/mol. The molecule has 1 fully saturated rings. The highest BCUT2D eigenvalue weighted by Crippen LogP contribution is 2.30. The highest BCUT2D eigenvalue weighted by atomic mass is 35.5. The van der Waals surface area contributed by atoms with Gasteiger partial charge in [-0.1, -0.05) is 25.4 Å². The molecule has 1 aliphatic rings. The molecule has 0 spiro atoms. The van der Waals surface area contributed by atoms with E-state index in [-0.39, 0.29) is 35.5 Å². The number of carbonyl (C=O) groups excluding carboxylic acids is 1. The van der Waals surface area contributed by atoms with Gasteiger partial charge in [0, 0.05) is 5.56 Å². The van der Waals surface area contributed by atoms with Crippen molar-refractivity contribution in [3.8, 4) is 0 Å². The molecule has 1 aromatic rings. The van der Waals surface area contributed by atoms with Crippen molar-refractivity contribution in [3.05, 3.63) is 34.6 Å². The maximum atomic E-state index is 13.3. The Labute approximate surface area is 110 Å². The van der Waals surface area contributed by atoms with Gasteiger partial charge < -0.3 is 10.0 Å². The van der Waals surface area contributed by atoms with Crippen molar-refractivity contribution < 1.29 is 14.3 Å². The number of rotatable bonds is 2. The van der Waals surface area contributed by atoms with Gasteiger partial charge in [0.15, 0.2) is 0 Å². The lowest BCUT2D eigenvalue weighted by Crippen LogP contribution is -2.65. The van der Waals surface area contributed by atoms with Crippen molar-refractivity contribution in [2.75, 3.05) is 13.1 Å². The Morgan fingerprint density at radius 1 is 1.50 bits per heavy atom. The van der Waals surface area contributed by atoms with E-state index in [1.807, 2.05) is 13.8 Å². The summed E-state index contributed by atoms with van der Waals surface area (Å²) in [6, 6.07) is 3.97. The van der Waals surface area contributed by atoms with Crippen LogP contribution >= 0.6 is 11.6 Å². The van der Waals surface area contributed by atoms with Crippen LogP contribution in [0.15, 0.2) is 18.2 Å². The first kappa shape index (κ1) is 13.3. The normalized spacial score (nSPS) is 17.8. The first-order chi connectivity index (χ1) is 8.33. The Hall–Kier alpha value is -1.13. The summed E-state index contributed by atoms with van der Waals surface area (Å²) in [6.45, 7) is 4.38. The fourth-order valence-electron chi connectivity index (χ4n) is 1.94. The Morgan fingerprint density at radius 2 is 2.11 bits per heavy atom. The van der Waals surface area contributed by atoms with Crippen molar-refractivity contribution in [1.29, 1.82) is 0 Å². The Bertz CT molecular complexity index is 484. The van der Waals surface area contributed by atoms with Crippen molar-refractivity contribution in [2.24, 2.45) is 5.92 Å². The molecule has 1 aliphatic heterocycles. The number of halogens is 2. The second-order valence-electron chi connectivity index (χ2n) is 5.05. The molecule has 1 aromatic carbocycles. The summed E-state index contributed by atoms with van der Waals surface area (Å²) in [5, 5.41) is 10.1. The average molecular weight is 272 g/mol. The maximum absolute atomic E-state index is 13.3. The van der Waals surface area contributed by atoms with Gasteiger partial charge in [-0.15, -0.1) is 0 Å². The zero-order valence-corrected chi connectivity index (χ0v) is 11.0. The van der Waals surface area contributed by atoms with E-state index >= 15 is 0 Å². The van der Waals surface area contributed by atoms with Crippen molar-refractivity contribution in [3.63, 3.8) is 0 Å². The van der Waals surface area contributed by atoms with Gasteiger partial charge in [-0.05, 0) is 24.1 Å². The minimum atomic E-state index is -0.819. The van der Waals surface area contributed by atoms with Crippen molar-refractivity contribution in [1.82, 2.24) is 4.90 Å². The van der Waals surface area contributed by atoms with Crippen LogP contribution in [0.4, 0.5) is 4.39 Å². The molecule has 0 unspecified atom stereocenters. The van der Waals surface area contributed by atoms with E-state index in [0.717, 1.165) is 6.07 Å². The first-order valence-electron chi connectivity index (χ1n) is 5.80. The van der Waals surface area contributed by atoms with Gasteiger partial charge in [0.05, 0.1) is 18.1 Å². The molecule has 18 heavy (non-hydrogen) atoms. The van der Waals surface area contributed by atoms with Crippen LogP contribution in [0.5, 0.6) is 0 Å². The molecule has 2 rings (SSSR count). The standard InChI is InChI=1S/C13H15ClFNO2/c1-8(2)13(18)6-16(7-13)12(17)9-3-4-10(14)11(15)5-9/h3-5,8,18H,6-7H2,1-2H3. The fraction of sp³-hybridized carbons (Fsp3) is 0.462. The maximum Gasteiger partial charge on any atom is 0.254 e. The summed E-state index contributed by atoms with van der Waals surface area (Å²) in [5.41, 5.74) is -0.566. The quantitative estimate of drug-likeness (QED) is 0.897. The molecule has 1 amide bonds. The number of amides is 1. The molecule has 3 nitrogen and oxygen atoms in total.